The van der Waals surface area contributed by atoms with Crippen molar-refractivity contribution in [2.24, 2.45) is 0 Å². The summed E-state index contributed by atoms with van der Waals surface area (Å²) >= 11 is 0. The average molecular weight is 1060 g/mol. The predicted molar refractivity (Wildman–Crippen MR) is 326 cm³/mol. The highest BCUT2D eigenvalue weighted by Crippen LogP contribution is 2.18. The molecule has 75 heavy (non-hydrogen) atoms. The molecule has 0 radical (unpaired) electrons. The van der Waals surface area contributed by atoms with Crippen LogP contribution in [0.4, 0.5) is 0 Å². The summed E-state index contributed by atoms with van der Waals surface area (Å²) in [4.78, 5) is 38.3. The van der Waals surface area contributed by atoms with Crippen LogP contribution in [-0.2, 0) is 28.6 Å². The standard InChI is InChI=1S/C69H130O6/c1-4-7-10-13-16-19-22-25-28-30-32-33-34-35-36-37-38-40-41-44-47-50-53-56-59-62-68(71)74-65-66(64-73-67(70)61-58-55-52-49-46-43-27-24-21-18-15-12-9-6-3)75-69(72)63-60-57-54-51-48-45-42-39-31-29-26-23-20-17-14-11-8-5-2/h24,27,29,31,66H,4-23,25-26,28,30,32-65H2,1-3H3/b27-24-,31-29-. The lowest BCUT2D eigenvalue weighted by Gasteiger charge is -2.18. The third kappa shape index (κ3) is 62.6. The van der Waals surface area contributed by atoms with E-state index in [4.69, 9.17) is 14.2 Å². The van der Waals surface area contributed by atoms with Crippen molar-refractivity contribution in [3.63, 3.8) is 0 Å². The molecule has 1 unspecified atom stereocenters. The maximum atomic E-state index is 12.9. The molecule has 0 rings (SSSR count). The number of unbranched alkanes of at least 4 members (excludes halogenated alkanes) is 48. The van der Waals surface area contributed by atoms with Gasteiger partial charge in [0.2, 0.25) is 0 Å². The normalized spacial score (nSPS) is 12.1. The van der Waals surface area contributed by atoms with E-state index in [1.165, 1.54) is 276 Å². The van der Waals surface area contributed by atoms with Gasteiger partial charge in [-0.15, -0.1) is 0 Å². The molecule has 442 valence electrons. The molecule has 0 bridgehead atoms. The Morgan fingerprint density at radius 2 is 0.440 bits per heavy atom. The summed E-state index contributed by atoms with van der Waals surface area (Å²) in [6.07, 6.45) is 77.7. The van der Waals surface area contributed by atoms with Crippen LogP contribution >= 0.6 is 0 Å². The quantitative estimate of drug-likeness (QED) is 0.0261. The number of allylic oxidation sites excluding steroid dienone is 4. The molecule has 0 fully saturated rings. The second-order valence-electron chi connectivity index (χ2n) is 23.1. The van der Waals surface area contributed by atoms with Gasteiger partial charge < -0.3 is 14.2 Å². The largest absolute Gasteiger partial charge is 0.462 e. The topological polar surface area (TPSA) is 78.9 Å². The Morgan fingerprint density at radius 1 is 0.253 bits per heavy atom. The molecule has 0 N–H and O–H groups in total. The maximum Gasteiger partial charge on any atom is 0.306 e. The summed E-state index contributed by atoms with van der Waals surface area (Å²) in [6.45, 7) is 6.69. The van der Waals surface area contributed by atoms with Crippen molar-refractivity contribution in [3.8, 4) is 0 Å². The van der Waals surface area contributed by atoms with E-state index in [-0.39, 0.29) is 31.1 Å². The van der Waals surface area contributed by atoms with E-state index in [2.05, 4.69) is 45.1 Å². The minimum atomic E-state index is -0.775. The molecule has 0 aliphatic rings. The van der Waals surface area contributed by atoms with Gasteiger partial charge >= 0.3 is 17.9 Å². The second-order valence-corrected chi connectivity index (χ2v) is 23.1. The lowest BCUT2D eigenvalue weighted by Crippen LogP contribution is -2.30. The van der Waals surface area contributed by atoms with Crippen LogP contribution < -0.4 is 0 Å². The molecule has 0 saturated carbocycles. The summed E-state index contributed by atoms with van der Waals surface area (Å²) < 4.78 is 17.0. The summed E-state index contributed by atoms with van der Waals surface area (Å²) in [5.74, 6) is -0.856. The van der Waals surface area contributed by atoms with E-state index in [9.17, 15) is 14.4 Å². The van der Waals surface area contributed by atoms with E-state index >= 15 is 0 Å². The number of hydrogen-bond donors (Lipinski definition) is 0. The lowest BCUT2D eigenvalue weighted by molar-refractivity contribution is -0.167. The molecule has 0 aromatic carbocycles. The van der Waals surface area contributed by atoms with E-state index in [0.717, 1.165) is 64.2 Å². The maximum absolute atomic E-state index is 12.9. The van der Waals surface area contributed by atoms with Crippen LogP contribution in [0.1, 0.15) is 380 Å². The fourth-order valence-corrected chi connectivity index (χ4v) is 10.3. The Morgan fingerprint density at radius 3 is 0.667 bits per heavy atom. The van der Waals surface area contributed by atoms with Crippen molar-refractivity contribution in [1.82, 2.24) is 0 Å². The van der Waals surface area contributed by atoms with Gasteiger partial charge in [-0.25, -0.2) is 0 Å². The van der Waals surface area contributed by atoms with E-state index in [0.29, 0.717) is 19.3 Å². The van der Waals surface area contributed by atoms with Gasteiger partial charge in [-0.3, -0.25) is 14.4 Å². The van der Waals surface area contributed by atoms with Gasteiger partial charge in [-0.05, 0) is 70.6 Å². The molecule has 0 aliphatic heterocycles. The first-order valence-electron chi connectivity index (χ1n) is 33.8. The number of hydrogen-bond acceptors (Lipinski definition) is 6. The number of carbonyl (C=O) groups is 3. The van der Waals surface area contributed by atoms with Crippen LogP contribution in [-0.4, -0.2) is 37.2 Å². The van der Waals surface area contributed by atoms with E-state index < -0.39 is 6.10 Å². The van der Waals surface area contributed by atoms with Crippen LogP contribution in [0.3, 0.4) is 0 Å². The summed E-state index contributed by atoms with van der Waals surface area (Å²) in [5.41, 5.74) is 0. The fraction of sp³-hybridized carbons (Fsp3) is 0.899. The molecule has 6 heteroatoms. The Kier molecular flexibility index (Phi) is 62.6. The van der Waals surface area contributed by atoms with Gasteiger partial charge in [0.1, 0.15) is 13.2 Å². The SMILES string of the molecule is CCCCCCC/C=C\CCCCCCCC(=O)OCC(COC(=O)CCCCCCCCCCCCCCCCCCCCCCCCCCC)OC(=O)CCCCCCCCC/C=C\CCCCCCCCC. The second kappa shape index (κ2) is 64.4. The molecule has 0 aromatic heterocycles. The van der Waals surface area contributed by atoms with Crippen LogP contribution in [0, 0.1) is 0 Å². The Bertz CT molecular complexity index is 1210. The molecule has 0 spiro atoms. The minimum Gasteiger partial charge on any atom is -0.462 e. The zero-order valence-electron chi connectivity index (χ0n) is 50.8. The highest BCUT2D eigenvalue weighted by atomic mass is 16.6. The van der Waals surface area contributed by atoms with Crippen LogP contribution in [0.15, 0.2) is 24.3 Å². The smallest absolute Gasteiger partial charge is 0.306 e. The van der Waals surface area contributed by atoms with Crippen molar-refractivity contribution >= 4 is 17.9 Å². The minimum absolute atomic E-state index is 0.0705. The summed E-state index contributed by atoms with van der Waals surface area (Å²) in [7, 11) is 0. The first kappa shape index (κ1) is 72.9. The molecular formula is C69H130O6. The zero-order valence-corrected chi connectivity index (χ0v) is 50.8. The molecule has 0 aliphatic carbocycles. The van der Waals surface area contributed by atoms with Gasteiger partial charge in [0, 0.05) is 19.3 Å². The number of rotatable bonds is 63. The van der Waals surface area contributed by atoms with Gasteiger partial charge in [0.15, 0.2) is 6.10 Å². The van der Waals surface area contributed by atoms with Gasteiger partial charge in [0.05, 0.1) is 0 Å². The van der Waals surface area contributed by atoms with Crippen molar-refractivity contribution in [3.05, 3.63) is 24.3 Å². The zero-order chi connectivity index (χ0) is 54.3. The first-order chi connectivity index (χ1) is 37.0. The summed E-state index contributed by atoms with van der Waals surface area (Å²) in [5, 5.41) is 0. The lowest BCUT2D eigenvalue weighted by atomic mass is 10.0. The van der Waals surface area contributed by atoms with Crippen LogP contribution in [0.25, 0.3) is 0 Å². The Balaban J connectivity index is 4.24. The van der Waals surface area contributed by atoms with Crippen molar-refractivity contribution in [2.45, 2.75) is 386 Å². The summed E-state index contributed by atoms with van der Waals surface area (Å²) in [6, 6.07) is 0. The van der Waals surface area contributed by atoms with Crippen molar-refractivity contribution < 1.29 is 28.6 Å². The van der Waals surface area contributed by atoms with Gasteiger partial charge in [0.25, 0.3) is 0 Å². The van der Waals surface area contributed by atoms with E-state index in [1.54, 1.807) is 0 Å². The van der Waals surface area contributed by atoms with Crippen LogP contribution in [0.5, 0.6) is 0 Å². The van der Waals surface area contributed by atoms with E-state index in [1.807, 2.05) is 0 Å². The first-order valence-corrected chi connectivity index (χ1v) is 33.8. The third-order valence-electron chi connectivity index (χ3n) is 15.4. The fourth-order valence-electron chi connectivity index (χ4n) is 10.3. The molecule has 1 atom stereocenters. The third-order valence-corrected chi connectivity index (χ3v) is 15.4. The highest BCUT2D eigenvalue weighted by molar-refractivity contribution is 5.71. The molecular weight excluding hydrogens is 925 g/mol. The Labute approximate surface area is 468 Å². The van der Waals surface area contributed by atoms with Crippen molar-refractivity contribution in [2.75, 3.05) is 13.2 Å². The molecule has 6 nitrogen and oxygen atoms in total. The van der Waals surface area contributed by atoms with Crippen LogP contribution in [0.2, 0.25) is 0 Å². The molecule has 0 heterocycles. The molecule has 0 saturated heterocycles. The average Bonchev–Trinajstić information content (AvgIpc) is 3.41. The predicted octanol–water partition coefficient (Wildman–Crippen LogP) is 23.0. The highest BCUT2D eigenvalue weighted by Gasteiger charge is 2.19. The number of ether oxygens (including phenoxy) is 3. The number of esters is 3. The van der Waals surface area contributed by atoms with Gasteiger partial charge in [-0.1, -0.05) is 315 Å². The molecule has 0 aromatic rings. The van der Waals surface area contributed by atoms with Crippen molar-refractivity contribution in [1.29, 1.82) is 0 Å². The van der Waals surface area contributed by atoms with Gasteiger partial charge in [-0.2, -0.15) is 0 Å². The monoisotopic (exact) mass is 1050 g/mol. The number of carbonyl (C=O) groups excluding carboxylic acids is 3. The molecule has 0 amide bonds. The Hall–Kier alpha value is -2.11.